The lowest BCUT2D eigenvalue weighted by atomic mass is 9.92. The number of carbonyl (C=O) groups is 3. The number of benzene rings is 3. The zero-order valence-electron chi connectivity index (χ0n) is 27.1. The highest BCUT2D eigenvalue weighted by atomic mass is 16.6. The van der Waals surface area contributed by atoms with Crippen LogP contribution in [-0.2, 0) is 14.3 Å². The predicted molar refractivity (Wildman–Crippen MR) is 175 cm³/mol. The molecule has 0 saturated carbocycles. The number of ether oxygens (including phenoxy) is 1. The summed E-state index contributed by atoms with van der Waals surface area (Å²) in [4.78, 5) is 43.5. The number of carbonyl (C=O) groups excluding carboxylic acids is 3. The van der Waals surface area contributed by atoms with E-state index in [4.69, 9.17) is 4.74 Å². The zero-order chi connectivity index (χ0) is 31.7. The number of alkyl carbamates (subject to hydrolysis) is 1. The van der Waals surface area contributed by atoms with Gasteiger partial charge in [-0.15, -0.1) is 0 Å². The summed E-state index contributed by atoms with van der Waals surface area (Å²) in [6, 6.07) is 17.9. The Hall–Kier alpha value is -3.87. The summed E-state index contributed by atoms with van der Waals surface area (Å²) < 4.78 is 5.53. The summed E-state index contributed by atoms with van der Waals surface area (Å²) in [5, 5.41) is 8.05. The fraction of sp³-hybridized carbons (Fsp3) is 0.472. The van der Waals surface area contributed by atoms with E-state index >= 15 is 0 Å². The number of hydrogen-bond acceptors (Lipinski definition) is 4. The fourth-order valence-corrected chi connectivity index (χ4v) is 5.19. The molecule has 0 fully saturated rings. The topological polar surface area (TPSA) is 87.7 Å². The van der Waals surface area contributed by atoms with E-state index in [-0.39, 0.29) is 17.7 Å². The second-order valence-corrected chi connectivity index (χ2v) is 12.5. The van der Waals surface area contributed by atoms with Crippen molar-refractivity contribution in [2.24, 2.45) is 5.92 Å². The predicted octanol–water partition coefficient (Wildman–Crippen LogP) is 8.09. The molecule has 2 N–H and O–H groups in total. The van der Waals surface area contributed by atoms with Gasteiger partial charge in [-0.05, 0) is 86.6 Å². The van der Waals surface area contributed by atoms with Crippen molar-refractivity contribution in [3.63, 3.8) is 0 Å². The highest BCUT2D eigenvalue weighted by molar-refractivity contribution is 6.00. The molecular formula is C36H49N3O4. The molecule has 3 amide bonds. The maximum Gasteiger partial charge on any atom is 0.408 e. The number of nitrogens with zero attached hydrogens (tertiary/aromatic N) is 1. The first-order valence-corrected chi connectivity index (χ1v) is 15.5. The van der Waals surface area contributed by atoms with Crippen LogP contribution in [0.3, 0.4) is 0 Å². The Morgan fingerprint density at radius 3 is 2.26 bits per heavy atom. The van der Waals surface area contributed by atoms with Crippen LogP contribution >= 0.6 is 0 Å². The zero-order valence-corrected chi connectivity index (χ0v) is 27.1. The molecule has 232 valence electrons. The van der Waals surface area contributed by atoms with Crippen LogP contribution in [0.1, 0.15) is 90.0 Å². The van der Waals surface area contributed by atoms with Crippen molar-refractivity contribution in [3.8, 4) is 0 Å². The molecule has 0 aliphatic rings. The van der Waals surface area contributed by atoms with Crippen molar-refractivity contribution >= 4 is 34.4 Å². The highest BCUT2D eigenvalue weighted by Gasteiger charge is 2.38. The van der Waals surface area contributed by atoms with Gasteiger partial charge in [0, 0.05) is 12.2 Å². The van der Waals surface area contributed by atoms with Gasteiger partial charge in [-0.2, -0.15) is 0 Å². The summed E-state index contributed by atoms with van der Waals surface area (Å²) in [5.41, 5.74) is 2.70. The van der Waals surface area contributed by atoms with Gasteiger partial charge >= 0.3 is 6.09 Å². The molecule has 0 radical (unpaired) electrons. The Morgan fingerprint density at radius 2 is 1.60 bits per heavy atom. The van der Waals surface area contributed by atoms with E-state index < -0.39 is 23.8 Å². The van der Waals surface area contributed by atoms with Crippen molar-refractivity contribution in [1.82, 2.24) is 10.2 Å². The molecule has 3 aromatic carbocycles. The Bertz CT molecular complexity index is 1410. The molecule has 3 rings (SSSR count). The first kappa shape index (κ1) is 33.6. The number of aryl methyl sites for hydroxylation is 1. The molecular weight excluding hydrogens is 538 g/mol. The van der Waals surface area contributed by atoms with Gasteiger partial charge in [-0.25, -0.2) is 4.79 Å². The summed E-state index contributed by atoms with van der Waals surface area (Å²) >= 11 is 0. The number of fused-ring (bicyclic) bond motifs is 1. The van der Waals surface area contributed by atoms with Crippen LogP contribution in [0.25, 0.3) is 10.8 Å². The van der Waals surface area contributed by atoms with E-state index in [1.165, 1.54) is 0 Å². The third-order valence-corrected chi connectivity index (χ3v) is 7.96. The first-order valence-electron chi connectivity index (χ1n) is 15.5. The first-order chi connectivity index (χ1) is 20.4. The van der Waals surface area contributed by atoms with Gasteiger partial charge in [-0.1, -0.05) is 88.6 Å². The molecule has 43 heavy (non-hydrogen) atoms. The minimum Gasteiger partial charge on any atom is -0.444 e. The average Bonchev–Trinajstić information content (AvgIpc) is 2.95. The second kappa shape index (κ2) is 15.0. The molecule has 0 heterocycles. The van der Waals surface area contributed by atoms with Crippen LogP contribution < -0.4 is 10.6 Å². The molecule has 0 spiro atoms. The van der Waals surface area contributed by atoms with Crippen molar-refractivity contribution in [2.45, 2.75) is 98.8 Å². The van der Waals surface area contributed by atoms with Crippen LogP contribution in [-0.4, -0.2) is 41.0 Å². The van der Waals surface area contributed by atoms with E-state index in [2.05, 4.69) is 17.6 Å². The van der Waals surface area contributed by atoms with Gasteiger partial charge in [0.25, 0.3) is 5.91 Å². The molecule has 3 atom stereocenters. The quantitative estimate of drug-likeness (QED) is 0.210. The third-order valence-electron chi connectivity index (χ3n) is 7.96. The molecule has 7 heteroatoms. The number of anilines is 1. The van der Waals surface area contributed by atoms with Gasteiger partial charge in [0.1, 0.15) is 17.7 Å². The number of hydrogen-bond donors (Lipinski definition) is 2. The minimum atomic E-state index is -0.900. The molecule has 7 nitrogen and oxygen atoms in total. The van der Waals surface area contributed by atoms with Crippen LogP contribution in [0.4, 0.5) is 10.5 Å². The van der Waals surface area contributed by atoms with Crippen molar-refractivity contribution in [1.29, 1.82) is 0 Å². The van der Waals surface area contributed by atoms with Crippen molar-refractivity contribution in [3.05, 3.63) is 77.4 Å². The van der Waals surface area contributed by atoms with Crippen LogP contribution in [0.5, 0.6) is 0 Å². The van der Waals surface area contributed by atoms with E-state index in [0.29, 0.717) is 18.7 Å². The molecule has 0 aromatic heterocycles. The largest absolute Gasteiger partial charge is 0.444 e. The Balaban J connectivity index is 2.09. The van der Waals surface area contributed by atoms with Crippen LogP contribution in [0.2, 0.25) is 0 Å². The second-order valence-electron chi connectivity index (χ2n) is 12.5. The monoisotopic (exact) mass is 587 g/mol. The Labute approximate surface area is 257 Å². The highest BCUT2D eigenvalue weighted by Crippen LogP contribution is 2.30. The van der Waals surface area contributed by atoms with Gasteiger partial charge in [0.2, 0.25) is 5.91 Å². The van der Waals surface area contributed by atoms with Crippen LogP contribution in [0.15, 0.2) is 60.7 Å². The van der Waals surface area contributed by atoms with Gasteiger partial charge < -0.3 is 20.3 Å². The number of unbranched alkanes of at least 4 members (excludes halogenated alkanes) is 2. The van der Waals surface area contributed by atoms with E-state index in [9.17, 15) is 14.4 Å². The lowest BCUT2D eigenvalue weighted by Gasteiger charge is -2.36. The van der Waals surface area contributed by atoms with Gasteiger partial charge in [0.15, 0.2) is 0 Å². The molecule has 3 aromatic rings. The molecule has 0 saturated heterocycles. The van der Waals surface area contributed by atoms with E-state index in [1.54, 1.807) is 25.7 Å². The molecule has 0 aliphatic carbocycles. The Morgan fingerprint density at radius 1 is 0.907 bits per heavy atom. The smallest absolute Gasteiger partial charge is 0.408 e. The lowest BCUT2D eigenvalue weighted by molar-refractivity contribution is -0.142. The van der Waals surface area contributed by atoms with Gasteiger partial charge in [0.05, 0.1) is 0 Å². The average molecular weight is 588 g/mol. The minimum absolute atomic E-state index is 0.184. The summed E-state index contributed by atoms with van der Waals surface area (Å²) in [6.45, 7) is 15.8. The maximum atomic E-state index is 14.6. The van der Waals surface area contributed by atoms with Gasteiger partial charge in [-0.3, -0.25) is 9.59 Å². The summed E-state index contributed by atoms with van der Waals surface area (Å²) in [5.74, 6) is -0.777. The fourth-order valence-electron chi connectivity index (χ4n) is 5.19. The normalized spacial score (nSPS) is 13.6. The van der Waals surface area contributed by atoms with E-state index in [0.717, 1.165) is 46.7 Å². The molecule has 3 unspecified atom stereocenters. The maximum absolute atomic E-state index is 14.6. The third kappa shape index (κ3) is 9.06. The lowest BCUT2D eigenvalue weighted by Crippen LogP contribution is -2.55. The Kier molecular flexibility index (Phi) is 11.8. The summed E-state index contributed by atoms with van der Waals surface area (Å²) in [6.07, 6.45) is 2.61. The number of rotatable bonds is 12. The molecule has 0 bridgehead atoms. The van der Waals surface area contributed by atoms with Crippen LogP contribution in [0, 0.1) is 19.8 Å². The number of amides is 3. The standard InChI is InChI=1S/C36H49N3O4/c1-9-11-14-22-39(34(41)31(24(3)10-2)38-35(42)43-36(6,7)8)32(30-19-15-16-25(4)26(30)5)33(40)37-29-21-20-27-17-12-13-18-28(27)23-29/h12-13,15-21,23-24,31-32H,9-11,14,22H2,1-8H3,(H,37,40)(H,38,42). The molecule has 0 aliphatic heterocycles. The van der Waals surface area contributed by atoms with E-state index in [1.807, 2.05) is 88.4 Å². The number of nitrogens with one attached hydrogen (secondary N) is 2. The SMILES string of the molecule is CCCCCN(C(=O)C(NC(=O)OC(C)(C)C)C(C)CC)C(C(=O)Nc1ccc2ccccc2c1)c1cccc(C)c1C. The summed E-state index contributed by atoms with van der Waals surface area (Å²) in [7, 11) is 0. The van der Waals surface area contributed by atoms with Crippen molar-refractivity contribution in [2.75, 3.05) is 11.9 Å². The van der Waals surface area contributed by atoms with Crippen molar-refractivity contribution < 1.29 is 19.1 Å².